The zero-order valence-corrected chi connectivity index (χ0v) is 14.2. The van der Waals surface area contributed by atoms with Crippen molar-refractivity contribution in [2.45, 2.75) is 46.6 Å². The molecule has 2 nitrogen and oxygen atoms in total. The Kier molecular flexibility index (Phi) is 3.80. The van der Waals surface area contributed by atoms with Crippen molar-refractivity contribution in [3.05, 3.63) is 33.0 Å². The molecule has 0 bridgehead atoms. The van der Waals surface area contributed by atoms with Crippen molar-refractivity contribution in [1.82, 2.24) is 5.32 Å². The van der Waals surface area contributed by atoms with Gasteiger partial charge in [-0.3, -0.25) is 0 Å². The maximum absolute atomic E-state index is 6.10. The van der Waals surface area contributed by atoms with Crippen molar-refractivity contribution in [2.75, 3.05) is 7.05 Å². The van der Waals surface area contributed by atoms with Gasteiger partial charge in [0.15, 0.2) is 0 Å². The minimum atomic E-state index is 0.0664. The molecule has 0 atom stereocenters. The number of rotatable bonds is 2. The fraction of sp³-hybridized carbons (Fsp3) is 0.500. The van der Waals surface area contributed by atoms with E-state index >= 15 is 0 Å². The van der Waals surface area contributed by atoms with E-state index in [4.69, 9.17) is 4.42 Å². The maximum Gasteiger partial charge on any atom is 0.135 e. The molecule has 3 heteroatoms. The van der Waals surface area contributed by atoms with Crippen LogP contribution in [0.5, 0.6) is 0 Å². The van der Waals surface area contributed by atoms with E-state index in [-0.39, 0.29) is 5.41 Å². The van der Waals surface area contributed by atoms with Crippen LogP contribution in [0.2, 0.25) is 0 Å². The van der Waals surface area contributed by atoms with Gasteiger partial charge in [0, 0.05) is 15.4 Å². The zero-order chi connectivity index (χ0) is 14.4. The highest BCUT2D eigenvalue weighted by Gasteiger charge is 2.26. The Morgan fingerprint density at radius 1 is 1.26 bits per heavy atom. The SMILES string of the molecule is CNCc1oc2cc(C)c(Br)c(C)c2c1C(C)(C)C. The van der Waals surface area contributed by atoms with Gasteiger partial charge in [0.25, 0.3) is 0 Å². The molecule has 0 unspecified atom stereocenters. The molecule has 19 heavy (non-hydrogen) atoms. The Balaban J connectivity index is 2.88. The largest absolute Gasteiger partial charge is 0.459 e. The number of furan rings is 1. The van der Waals surface area contributed by atoms with Crippen LogP contribution in [-0.4, -0.2) is 7.05 Å². The average Bonchev–Trinajstić information content (AvgIpc) is 2.64. The fourth-order valence-electron chi connectivity index (χ4n) is 2.72. The minimum absolute atomic E-state index is 0.0664. The number of fused-ring (bicyclic) bond motifs is 1. The highest BCUT2D eigenvalue weighted by molar-refractivity contribution is 9.10. The van der Waals surface area contributed by atoms with Crippen molar-refractivity contribution in [3.63, 3.8) is 0 Å². The number of aryl methyl sites for hydroxylation is 2. The van der Waals surface area contributed by atoms with Crippen LogP contribution in [0.15, 0.2) is 15.0 Å². The first kappa shape index (κ1) is 14.6. The molecular formula is C16H22BrNO. The normalized spacial score (nSPS) is 12.4. The smallest absolute Gasteiger partial charge is 0.135 e. The lowest BCUT2D eigenvalue weighted by Gasteiger charge is -2.20. The molecule has 2 aromatic rings. The second-order valence-corrected chi connectivity index (χ2v) is 6.98. The topological polar surface area (TPSA) is 25.2 Å². The van der Waals surface area contributed by atoms with Gasteiger partial charge in [-0.15, -0.1) is 0 Å². The van der Waals surface area contributed by atoms with E-state index in [9.17, 15) is 0 Å². The van der Waals surface area contributed by atoms with Crippen LogP contribution in [0.4, 0.5) is 0 Å². The second-order valence-electron chi connectivity index (χ2n) is 6.19. The lowest BCUT2D eigenvalue weighted by Crippen LogP contribution is -2.16. The van der Waals surface area contributed by atoms with Crippen LogP contribution in [0, 0.1) is 13.8 Å². The van der Waals surface area contributed by atoms with E-state index < -0.39 is 0 Å². The highest BCUT2D eigenvalue weighted by Crippen LogP contribution is 2.40. The van der Waals surface area contributed by atoms with Crippen LogP contribution in [0.1, 0.15) is 43.2 Å². The van der Waals surface area contributed by atoms with E-state index in [1.165, 1.54) is 26.5 Å². The second kappa shape index (κ2) is 4.95. The lowest BCUT2D eigenvalue weighted by atomic mass is 9.83. The Morgan fingerprint density at radius 2 is 1.89 bits per heavy atom. The summed E-state index contributed by atoms with van der Waals surface area (Å²) in [4.78, 5) is 0. The van der Waals surface area contributed by atoms with E-state index in [1.54, 1.807) is 0 Å². The van der Waals surface area contributed by atoms with Gasteiger partial charge in [-0.25, -0.2) is 0 Å². The van der Waals surface area contributed by atoms with E-state index in [2.05, 4.69) is 61.9 Å². The number of benzene rings is 1. The van der Waals surface area contributed by atoms with Crippen LogP contribution >= 0.6 is 15.9 Å². The molecule has 0 amide bonds. The van der Waals surface area contributed by atoms with Gasteiger partial charge in [0.1, 0.15) is 11.3 Å². The van der Waals surface area contributed by atoms with Gasteiger partial charge < -0.3 is 9.73 Å². The van der Waals surface area contributed by atoms with Gasteiger partial charge in [-0.1, -0.05) is 36.7 Å². The molecule has 1 aromatic heterocycles. The summed E-state index contributed by atoms with van der Waals surface area (Å²) < 4.78 is 7.28. The predicted octanol–water partition coefficient (Wildman–Crippen LogP) is 4.83. The molecule has 0 aliphatic carbocycles. The third-order valence-electron chi connectivity index (χ3n) is 3.49. The Hall–Kier alpha value is -0.800. The van der Waals surface area contributed by atoms with Crippen molar-refractivity contribution in [2.24, 2.45) is 0 Å². The molecule has 1 heterocycles. The summed E-state index contributed by atoms with van der Waals surface area (Å²) in [5.74, 6) is 1.05. The number of hydrogen-bond acceptors (Lipinski definition) is 2. The molecular weight excluding hydrogens is 302 g/mol. The van der Waals surface area contributed by atoms with E-state index in [1.807, 2.05) is 7.05 Å². The molecule has 1 N–H and O–H groups in total. The Morgan fingerprint density at radius 3 is 2.42 bits per heavy atom. The predicted molar refractivity (Wildman–Crippen MR) is 84.9 cm³/mol. The summed E-state index contributed by atoms with van der Waals surface area (Å²) >= 11 is 3.69. The third kappa shape index (κ3) is 2.46. The monoisotopic (exact) mass is 323 g/mol. The minimum Gasteiger partial charge on any atom is -0.459 e. The standard InChI is InChI=1S/C16H22BrNO/c1-9-7-11-13(10(2)15(9)17)14(16(3,4)5)12(19-11)8-18-6/h7,18H,8H2,1-6H3. The lowest BCUT2D eigenvalue weighted by molar-refractivity contribution is 0.495. The molecule has 2 rings (SSSR count). The molecule has 1 aromatic carbocycles. The average molecular weight is 324 g/mol. The summed E-state index contributed by atoms with van der Waals surface area (Å²) in [7, 11) is 1.95. The van der Waals surface area contributed by atoms with Gasteiger partial charge in [0.2, 0.25) is 0 Å². The summed E-state index contributed by atoms with van der Waals surface area (Å²) in [6, 6.07) is 2.13. The van der Waals surface area contributed by atoms with E-state index in [0.717, 1.165) is 17.9 Å². The summed E-state index contributed by atoms with van der Waals surface area (Å²) in [6.07, 6.45) is 0. The van der Waals surface area contributed by atoms with Gasteiger partial charge in [-0.05, 0) is 43.5 Å². The van der Waals surface area contributed by atoms with Crippen molar-refractivity contribution in [3.8, 4) is 0 Å². The summed E-state index contributed by atoms with van der Waals surface area (Å²) in [5, 5.41) is 4.46. The molecule has 0 fully saturated rings. The number of nitrogens with one attached hydrogen (secondary N) is 1. The van der Waals surface area contributed by atoms with Gasteiger partial charge in [-0.2, -0.15) is 0 Å². The van der Waals surface area contributed by atoms with E-state index in [0.29, 0.717) is 0 Å². The van der Waals surface area contributed by atoms with Crippen molar-refractivity contribution >= 4 is 26.9 Å². The van der Waals surface area contributed by atoms with Crippen LogP contribution in [0.3, 0.4) is 0 Å². The molecule has 0 saturated heterocycles. The first-order valence-corrected chi connectivity index (χ1v) is 7.42. The molecule has 104 valence electrons. The summed E-state index contributed by atoms with van der Waals surface area (Å²) in [6.45, 7) is 11.7. The molecule has 0 radical (unpaired) electrons. The van der Waals surface area contributed by atoms with Crippen molar-refractivity contribution in [1.29, 1.82) is 0 Å². The van der Waals surface area contributed by atoms with Crippen LogP contribution in [0.25, 0.3) is 11.0 Å². The fourth-order valence-corrected chi connectivity index (χ4v) is 3.03. The van der Waals surface area contributed by atoms with Gasteiger partial charge in [0.05, 0.1) is 6.54 Å². The quantitative estimate of drug-likeness (QED) is 0.856. The summed E-state index contributed by atoms with van der Waals surface area (Å²) in [5.41, 5.74) is 4.86. The molecule has 0 aliphatic heterocycles. The zero-order valence-electron chi connectivity index (χ0n) is 12.6. The molecule has 0 aliphatic rings. The van der Waals surface area contributed by atoms with Crippen LogP contribution < -0.4 is 5.32 Å². The first-order chi connectivity index (χ1) is 8.77. The Labute approximate surface area is 123 Å². The van der Waals surface area contributed by atoms with Gasteiger partial charge >= 0.3 is 0 Å². The third-order valence-corrected chi connectivity index (χ3v) is 4.71. The van der Waals surface area contributed by atoms with Crippen molar-refractivity contribution < 1.29 is 4.42 Å². The maximum atomic E-state index is 6.10. The van der Waals surface area contributed by atoms with Crippen LogP contribution in [-0.2, 0) is 12.0 Å². The molecule has 0 spiro atoms. The molecule has 0 saturated carbocycles. The number of halogens is 1. The highest BCUT2D eigenvalue weighted by atomic mass is 79.9. The Bertz CT molecular complexity index is 620. The number of hydrogen-bond donors (Lipinski definition) is 1. The first-order valence-electron chi connectivity index (χ1n) is 6.63.